The first-order valence-electron chi connectivity index (χ1n) is 15.3. The normalized spacial score (nSPS) is 11.8. The number of benzene rings is 2. The minimum Gasteiger partial charge on any atom is -0.481 e. The minimum absolute atomic E-state index is 0.175. The maximum atomic E-state index is 13.9. The van der Waals surface area contributed by atoms with Crippen LogP contribution in [-0.2, 0) is 35.4 Å². The SMILES string of the molecule is COc1ccc(N(C)C(=O)[C@H](Cc2ccccc2)NC(=O)Cc2c(C)n(CCCc3cccnc3)c3c(C)ccc(C)c23)cn1. The molecule has 8 nitrogen and oxygen atoms in total. The molecule has 1 N–H and O–H groups in total. The van der Waals surface area contributed by atoms with Gasteiger partial charge in [-0.25, -0.2) is 4.98 Å². The highest BCUT2D eigenvalue weighted by Gasteiger charge is 2.27. The number of hydrogen-bond donors (Lipinski definition) is 1. The smallest absolute Gasteiger partial charge is 0.249 e. The zero-order chi connectivity index (χ0) is 31.9. The number of aryl methyl sites for hydroxylation is 4. The first-order valence-corrected chi connectivity index (χ1v) is 15.3. The third kappa shape index (κ3) is 7.23. The van der Waals surface area contributed by atoms with E-state index in [4.69, 9.17) is 4.74 Å². The number of pyridine rings is 2. The number of rotatable bonds is 12. The van der Waals surface area contributed by atoms with Gasteiger partial charge in [0.05, 0.1) is 30.9 Å². The van der Waals surface area contributed by atoms with Gasteiger partial charge in [-0.2, -0.15) is 0 Å². The number of fused-ring (bicyclic) bond motifs is 1. The molecule has 3 heterocycles. The lowest BCUT2D eigenvalue weighted by Gasteiger charge is -2.25. The average Bonchev–Trinajstić information content (AvgIpc) is 3.34. The summed E-state index contributed by atoms with van der Waals surface area (Å²) in [6, 6.07) is 20.8. The van der Waals surface area contributed by atoms with Gasteiger partial charge in [0.1, 0.15) is 6.04 Å². The molecule has 0 spiro atoms. The fourth-order valence-electron chi connectivity index (χ4n) is 6.03. The third-order valence-corrected chi connectivity index (χ3v) is 8.47. The fourth-order valence-corrected chi connectivity index (χ4v) is 6.03. The summed E-state index contributed by atoms with van der Waals surface area (Å²) in [4.78, 5) is 37.7. The van der Waals surface area contributed by atoms with E-state index in [2.05, 4.69) is 58.8 Å². The van der Waals surface area contributed by atoms with E-state index in [0.717, 1.165) is 47.2 Å². The summed E-state index contributed by atoms with van der Waals surface area (Å²) in [5, 5.41) is 4.22. The predicted octanol–water partition coefficient (Wildman–Crippen LogP) is 5.93. The Kier molecular flexibility index (Phi) is 9.92. The molecule has 1 atom stereocenters. The number of amides is 2. The van der Waals surface area contributed by atoms with E-state index in [0.29, 0.717) is 18.0 Å². The molecule has 5 rings (SSSR count). The van der Waals surface area contributed by atoms with E-state index < -0.39 is 6.04 Å². The molecule has 0 aliphatic rings. The van der Waals surface area contributed by atoms with Crippen molar-refractivity contribution in [2.24, 2.45) is 0 Å². The van der Waals surface area contributed by atoms with Crippen molar-refractivity contribution in [2.75, 3.05) is 19.1 Å². The van der Waals surface area contributed by atoms with Crippen LogP contribution in [0.15, 0.2) is 85.3 Å². The first kappa shape index (κ1) is 31.4. The van der Waals surface area contributed by atoms with Crippen LogP contribution in [0.2, 0.25) is 0 Å². The Morgan fingerprint density at radius 1 is 0.933 bits per heavy atom. The molecule has 0 bridgehead atoms. The molecule has 0 radical (unpaired) electrons. The second-order valence-corrected chi connectivity index (χ2v) is 11.5. The number of nitrogens with zero attached hydrogens (tertiary/aromatic N) is 4. The van der Waals surface area contributed by atoms with Crippen molar-refractivity contribution in [3.05, 3.63) is 119 Å². The van der Waals surface area contributed by atoms with Crippen LogP contribution in [0.4, 0.5) is 5.69 Å². The van der Waals surface area contributed by atoms with Crippen LogP contribution >= 0.6 is 0 Å². The molecule has 0 fully saturated rings. The molecule has 2 aromatic carbocycles. The van der Waals surface area contributed by atoms with Gasteiger partial charge in [-0.05, 0) is 73.6 Å². The van der Waals surface area contributed by atoms with Crippen molar-refractivity contribution in [3.63, 3.8) is 0 Å². The number of likely N-dealkylation sites (N-methyl/N-ethyl adjacent to an activating group) is 1. The number of methoxy groups -OCH3 is 1. The van der Waals surface area contributed by atoms with Gasteiger partial charge >= 0.3 is 0 Å². The number of aromatic nitrogens is 3. The van der Waals surface area contributed by atoms with Gasteiger partial charge in [0, 0.05) is 49.6 Å². The van der Waals surface area contributed by atoms with E-state index in [1.54, 1.807) is 38.7 Å². The Bertz CT molecular complexity index is 1770. The molecule has 8 heteroatoms. The van der Waals surface area contributed by atoms with Crippen LogP contribution in [0.1, 0.15) is 39.9 Å². The zero-order valence-corrected chi connectivity index (χ0v) is 26.7. The quantitative estimate of drug-likeness (QED) is 0.191. The summed E-state index contributed by atoms with van der Waals surface area (Å²) >= 11 is 0. The average molecular weight is 604 g/mol. The lowest BCUT2D eigenvalue weighted by molar-refractivity contribution is -0.127. The summed E-state index contributed by atoms with van der Waals surface area (Å²) in [5.74, 6) is 0.0515. The van der Waals surface area contributed by atoms with Crippen LogP contribution in [0.5, 0.6) is 5.88 Å². The lowest BCUT2D eigenvalue weighted by Crippen LogP contribution is -2.49. The van der Waals surface area contributed by atoms with Crippen molar-refractivity contribution in [2.45, 2.75) is 59.0 Å². The number of nitrogens with one attached hydrogen (secondary N) is 1. The van der Waals surface area contributed by atoms with Gasteiger partial charge in [-0.15, -0.1) is 0 Å². The number of anilines is 1. The highest BCUT2D eigenvalue weighted by atomic mass is 16.5. The lowest BCUT2D eigenvalue weighted by atomic mass is 10.00. The van der Waals surface area contributed by atoms with Gasteiger partial charge in [0.2, 0.25) is 17.7 Å². The van der Waals surface area contributed by atoms with Crippen LogP contribution in [0.25, 0.3) is 10.9 Å². The van der Waals surface area contributed by atoms with Crippen molar-refractivity contribution < 1.29 is 14.3 Å². The maximum absolute atomic E-state index is 13.9. The van der Waals surface area contributed by atoms with Crippen LogP contribution < -0.4 is 15.0 Å². The van der Waals surface area contributed by atoms with Gasteiger partial charge < -0.3 is 19.5 Å². The topological polar surface area (TPSA) is 89.4 Å². The standard InChI is InChI=1S/C37H41N5O3/c1-25-15-16-26(2)36-35(25)31(27(3)42(36)20-10-14-29-13-9-19-38-23-29)22-33(43)40-32(21-28-11-7-6-8-12-28)37(44)41(4)30-17-18-34(45-5)39-24-30/h6-9,11-13,15-19,23-24,32H,10,14,20-22H2,1-5H3,(H,40,43)/t32-/m0/s1. The largest absolute Gasteiger partial charge is 0.481 e. The molecule has 0 aliphatic carbocycles. The summed E-state index contributed by atoms with van der Waals surface area (Å²) in [6.07, 6.45) is 7.73. The highest BCUT2D eigenvalue weighted by molar-refractivity contribution is 6.00. The van der Waals surface area contributed by atoms with Crippen molar-refractivity contribution in [1.29, 1.82) is 0 Å². The Balaban J connectivity index is 1.40. The molecular weight excluding hydrogens is 562 g/mol. The molecular formula is C37H41N5O3. The second-order valence-electron chi connectivity index (χ2n) is 11.5. The zero-order valence-electron chi connectivity index (χ0n) is 26.7. The van der Waals surface area contributed by atoms with Gasteiger partial charge in [-0.3, -0.25) is 14.6 Å². The van der Waals surface area contributed by atoms with E-state index in [-0.39, 0.29) is 18.2 Å². The third-order valence-electron chi connectivity index (χ3n) is 8.47. The minimum atomic E-state index is -0.761. The van der Waals surface area contributed by atoms with Gasteiger partial charge in [0.25, 0.3) is 0 Å². The molecule has 232 valence electrons. The van der Waals surface area contributed by atoms with Crippen LogP contribution in [0, 0.1) is 20.8 Å². The molecule has 5 aromatic rings. The second kappa shape index (κ2) is 14.2. The Hall–Kier alpha value is -4.98. The van der Waals surface area contributed by atoms with Crippen molar-refractivity contribution >= 4 is 28.4 Å². The summed E-state index contributed by atoms with van der Waals surface area (Å²) in [5.41, 5.74) is 8.36. The number of ether oxygens (including phenoxy) is 1. The monoisotopic (exact) mass is 603 g/mol. The predicted molar refractivity (Wildman–Crippen MR) is 179 cm³/mol. The summed E-state index contributed by atoms with van der Waals surface area (Å²) < 4.78 is 7.52. The number of carbonyl (C=O) groups is 2. The van der Waals surface area contributed by atoms with E-state index in [1.165, 1.54) is 21.5 Å². The molecule has 3 aromatic heterocycles. The maximum Gasteiger partial charge on any atom is 0.249 e. The van der Waals surface area contributed by atoms with E-state index in [1.807, 2.05) is 42.6 Å². The number of carbonyl (C=O) groups excluding carboxylic acids is 2. The van der Waals surface area contributed by atoms with Crippen LogP contribution in [-0.4, -0.2) is 46.5 Å². The molecule has 2 amide bonds. The van der Waals surface area contributed by atoms with Gasteiger partial charge in [0.15, 0.2) is 0 Å². The Morgan fingerprint density at radius 3 is 2.38 bits per heavy atom. The van der Waals surface area contributed by atoms with Crippen molar-refractivity contribution in [3.8, 4) is 5.88 Å². The number of hydrogen-bond acceptors (Lipinski definition) is 5. The van der Waals surface area contributed by atoms with Crippen molar-refractivity contribution in [1.82, 2.24) is 19.9 Å². The summed E-state index contributed by atoms with van der Waals surface area (Å²) in [7, 11) is 3.25. The fraction of sp³-hybridized carbons (Fsp3) is 0.297. The van der Waals surface area contributed by atoms with E-state index >= 15 is 0 Å². The Labute approximate surface area is 265 Å². The molecule has 0 saturated carbocycles. The van der Waals surface area contributed by atoms with E-state index in [9.17, 15) is 9.59 Å². The first-order chi connectivity index (χ1) is 21.8. The molecule has 0 unspecified atom stereocenters. The molecule has 45 heavy (non-hydrogen) atoms. The van der Waals surface area contributed by atoms with Crippen LogP contribution in [0.3, 0.4) is 0 Å². The van der Waals surface area contributed by atoms with Gasteiger partial charge in [-0.1, -0.05) is 48.5 Å². The summed E-state index contributed by atoms with van der Waals surface area (Å²) in [6.45, 7) is 7.16. The Morgan fingerprint density at radius 2 is 1.69 bits per heavy atom. The molecule has 0 aliphatic heterocycles. The molecule has 0 saturated heterocycles. The highest BCUT2D eigenvalue weighted by Crippen LogP contribution is 2.32.